The van der Waals surface area contributed by atoms with E-state index in [4.69, 9.17) is 4.74 Å². The molecule has 144 valence electrons. The van der Waals surface area contributed by atoms with Gasteiger partial charge in [-0.05, 0) is 56.9 Å². The van der Waals surface area contributed by atoms with Gasteiger partial charge in [-0.25, -0.2) is 0 Å². The van der Waals surface area contributed by atoms with E-state index in [0.29, 0.717) is 12.3 Å². The highest BCUT2D eigenvalue weighted by atomic mass is 16.5. The number of ether oxygens (including phenoxy) is 1. The minimum Gasteiger partial charge on any atom is -0.491 e. The third-order valence-corrected chi connectivity index (χ3v) is 5.26. The quantitative estimate of drug-likeness (QED) is 0.814. The Morgan fingerprint density at radius 3 is 2.33 bits per heavy atom. The van der Waals surface area contributed by atoms with Crippen molar-refractivity contribution in [1.82, 2.24) is 9.47 Å². The van der Waals surface area contributed by atoms with E-state index < -0.39 is 0 Å². The summed E-state index contributed by atoms with van der Waals surface area (Å²) in [4.78, 5) is 14.8. The first-order chi connectivity index (χ1) is 12.9. The Bertz CT molecular complexity index is 847. The molecule has 0 bridgehead atoms. The van der Waals surface area contributed by atoms with Crippen LogP contribution >= 0.6 is 0 Å². The van der Waals surface area contributed by atoms with E-state index >= 15 is 0 Å². The van der Waals surface area contributed by atoms with Crippen molar-refractivity contribution < 1.29 is 4.74 Å². The Hall–Kier alpha value is -2.33. The molecule has 0 saturated carbocycles. The largest absolute Gasteiger partial charge is 0.491 e. The molecule has 2 heterocycles. The number of hydrogen-bond donors (Lipinski definition) is 0. The van der Waals surface area contributed by atoms with Crippen LogP contribution in [0.4, 0.5) is 0 Å². The highest BCUT2D eigenvalue weighted by Crippen LogP contribution is 2.24. The van der Waals surface area contributed by atoms with E-state index in [1.165, 1.54) is 18.2 Å². The molecule has 0 atom stereocenters. The topological polar surface area (TPSA) is 34.5 Å². The smallest absolute Gasteiger partial charge is 0.293 e. The molecule has 1 fully saturated rings. The molecule has 1 aromatic heterocycles. The van der Waals surface area contributed by atoms with Gasteiger partial charge in [0.2, 0.25) is 0 Å². The van der Waals surface area contributed by atoms with Gasteiger partial charge in [-0.3, -0.25) is 9.69 Å². The third-order valence-electron chi connectivity index (χ3n) is 5.26. The first-order valence-corrected chi connectivity index (χ1v) is 9.64. The summed E-state index contributed by atoms with van der Waals surface area (Å²) in [5.74, 6) is 0.375. The van der Waals surface area contributed by atoms with Crippen molar-refractivity contribution in [1.29, 1.82) is 0 Å². The molecule has 2 aromatic rings. The SMILES string of the molecule is COc1cccn(Cc2ccc(C=C3CCN(C(C)(C)C)CC3)cc2)c1=O. The van der Waals surface area contributed by atoms with Crippen molar-refractivity contribution in [3.63, 3.8) is 0 Å². The number of aromatic nitrogens is 1. The number of piperidine rings is 1. The van der Waals surface area contributed by atoms with E-state index in [2.05, 4.69) is 56.0 Å². The molecule has 0 amide bonds. The van der Waals surface area contributed by atoms with Crippen molar-refractivity contribution >= 4 is 6.08 Å². The summed E-state index contributed by atoms with van der Waals surface area (Å²) in [6.07, 6.45) is 6.39. The van der Waals surface area contributed by atoms with Gasteiger partial charge in [0.05, 0.1) is 13.7 Å². The maximum absolute atomic E-state index is 12.3. The average Bonchev–Trinajstić information content (AvgIpc) is 2.65. The number of rotatable bonds is 4. The summed E-state index contributed by atoms with van der Waals surface area (Å²) in [5, 5.41) is 0. The Balaban J connectivity index is 1.65. The molecular weight excluding hydrogens is 336 g/mol. The van der Waals surface area contributed by atoms with E-state index in [-0.39, 0.29) is 11.1 Å². The first kappa shape index (κ1) is 19.4. The summed E-state index contributed by atoms with van der Waals surface area (Å²) in [6.45, 7) is 9.67. The van der Waals surface area contributed by atoms with Gasteiger partial charge in [-0.15, -0.1) is 0 Å². The van der Waals surface area contributed by atoms with Crippen LogP contribution < -0.4 is 10.3 Å². The minimum absolute atomic E-state index is 0.100. The van der Waals surface area contributed by atoms with Crippen LogP contribution in [0, 0.1) is 0 Å². The zero-order valence-electron chi connectivity index (χ0n) is 16.9. The van der Waals surface area contributed by atoms with Crippen molar-refractivity contribution in [2.45, 2.75) is 45.7 Å². The van der Waals surface area contributed by atoms with Crippen LogP contribution in [0.15, 0.2) is 53.0 Å². The molecule has 0 aliphatic carbocycles. The third kappa shape index (κ3) is 4.89. The van der Waals surface area contributed by atoms with Crippen LogP contribution in [0.3, 0.4) is 0 Å². The molecular formula is C23H30N2O2. The highest BCUT2D eigenvalue weighted by molar-refractivity contribution is 5.53. The van der Waals surface area contributed by atoms with Crippen LogP contribution in [0.2, 0.25) is 0 Å². The van der Waals surface area contributed by atoms with Gasteiger partial charge in [0.15, 0.2) is 5.75 Å². The van der Waals surface area contributed by atoms with Crippen molar-refractivity contribution in [3.05, 3.63) is 69.6 Å². The average molecular weight is 367 g/mol. The Labute approximate surface area is 162 Å². The van der Waals surface area contributed by atoms with Gasteiger partial charge in [-0.2, -0.15) is 0 Å². The fraction of sp³-hybridized carbons (Fsp3) is 0.435. The van der Waals surface area contributed by atoms with Gasteiger partial charge in [0.25, 0.3) is 5.56 Å². The molecule has 4 nitrogen and oxygen atoms in total. The fourth-order valence-electron chi connectivity index (χ4n) is 3.56. The summed E-state index contributed by atoms with van der Waals surface area (Å²) >= 11 is 0. The maximum atomic E-state index is 12.3. The van der Waals surface area contributed by atoms with Gasteiger partial charge in [0.1, 0.15) is 0 Å². The van der Waals surface area contributed by atoms with E-state index in [1.807, 2.05) is 6.07 Å². The number of likely N-dealkylation sites (tertiary alicyclic amines) is 1. The van der Waals surface area contributed by atoms with Gasteiger partial charge in [0, 0.05) is 24.8 Å². The lowest BCUT2D eigenvalue weighted by Gasteiger charge is -2.39. The molecule has 0 unspecified atom stereocenters. The van der Waals surface area contributed by atoms with Crippen LogP contribution in [0.5, 0.6) is 5.75 Å². The van der Waals surface area contributed by atoms with Crippen molar-refractivity contribution in [2.24, 2.45) is 0 Å². The zero-order chi connectivity index (χ0) is 19.4. The number of hydrogen-bond acceptors (Lipinski definition) is 3. The van der Waals surface area contributed by atoms with Gasteiger partial charge in [-0.1, -0.05) is 35.9 Å². The standard InChI is InChI=1S/C23H30N2O2/c1-23(2,3)25-14-11-19(12-15-25)16-18-7-9-20(10-8-18)17-24-13-5-6-21(27-4)22(24)26/h5-10,13,16H,11-12,14-15,17H2,1-4H3. The number of benzene rings is 1. The second-order valence-electron chi connectivity index (χ2n) is 8.21. The van der Waals surface area contributed by atoms with Crippen LogP contribution in [-0.4, -0.2) is 35.2 Å². The van der Waals surface area contributed by atoms with Crippen molar-refractivity contribution in [3.8, 4) is 5.75 Å². The lowest BCUT2D eigenvalue weighted by atomic mass is 9.96. The van der Waals surface area contributed by atoms with Gasteiger partial charge < -0.3 is 9.30 Å². The molecule has 0 N–H and O–H groups in total. The summed E-state index contributed by atoms with van der Waals surface area (Å²) in [6, 6.07) is 12.0. The lowest BCUT2D eigenvalue weighted by molar-refractivity contribution is 0.126. The Morgan fingerprint density at radius 1 is 1.07 bits per heavy atom. The predicted molar refractivity (Wildman–Crippen MR) is 111 cm³/mol. The first-order valence-electron chi connectivity index (χ1n) is 9.64. The highest BCUT2D eigenvalue weighted by Gasteiger charge is 2.24. The number of methoxy groups -OCH3 is 1. The lowest BCUT2D eigenvalue weighted by Crippen LogP contribution is -2.44. The maximum Gasteiger partial charge on any atom is 0.293 e. The Kier molecular flexibility index (Phi) is 5.85. The molecule has 1 saturated heterocycles. The molecule has 1 aliphatic heterocycles. The molecule has 4 heteroatoms. The minimum atomic E-state index is -0.100. The van der Waals surface area contributed by atoms with E-state index in [0.717, 1.165) is 31.5 Å². The Morgan fingerprint density at radius 2 is 1.74 bits per heavy atom. The zero-order valence-corrected chi connectivity index (χ0v) is 16.9. The summed E-state index contributed by atoms with van der Waals surface area (Å²) < 4.78 is 6.79. The molecule has 1 aromatic carbocycles. The molecule has 27 heavy (non-hydrogen) atoms. The normalized spacial score (nSPS) is 15.6. The molecule has 0 spiro atoms. The predicted octanol–water partition coefficient (Wildman–Crippen LogP) is 4.18. The second kappa shape index (κ2) is 8.13. The van der Waals surface area contributed by atoms with Crippen molar-refractivity contribution in [2.75, 3.05) is 20.2 Å². The number of pyridine rings is 1. The fourth-order valence-corrected chi connectivity index (χ4v) is 3.56. The molecule has 0 radical (unpaired) electrons. The van der Waals surface area contributed by atoms with E-state index in [9.17, 15) is 4.79 Å². The second-order valence-corrected chi connectivity index (χ2v) is 8.21. The van der Waals surface area contributed by atoms with Crippen LogP contribution in [0.25, 0.3) is 6.08 Å². The summed E-state index contributed by atoms with van der Waals surface area (Å²) in [7, 11) is 1.52. The van der Waals surface area contributed by atoms with Crippen LogP contribution in [0.1, 0.15) is 44.7 Å². The monoisotopic (exact) mass is 366 g/mol. The number of nitrogens with zero attached hydrogens (tertiary/aromatic N) is 2. The van der Waals surface area contributed by atoms with Crippen LogP contribution in [-0.2, 0) is 6.54 Å². The molecule has 1 aliphatic rings. The molecule has 3 rings (SSSR count). The summed E-state index contributed by atoms with van der Waals surface area (Å²) in [5.41, 5.74) is 4.01. The van der Waals surface area contributed by atoms with E-state index in [1.54, 1.807) is 16.8 Å². The van der Waals surface area contributed by atoms with Gasteiger partial charge >= 0.3 is 0 Å².